The van der Waals surface area contributed by atoms with Gasteiger partial charge in [-0.2, -0.15) is 0 Å². The van der Waals surface area contributed by atoms with Crippen molar-refractivity contribution in [3.8, 4) is 0 Å². The van der Waals surface area contributed by atoms with Gasteiger partial charge in [-0.1, -0.05) is 22.0 Å². The monoisotopic (exact) mass is 311 g/mol. The van der Waals surface area contributed by atoms with Crippen molar-refractivity contribution < 1.29 is 4.74 Å². The zero-order valence-electron chi connectivity index (χ0n) is 11.0. The van der Waals surface area contributed by atoms with Crippen LogP contribution in [0.1, 0.15) is 49.3 Å². The second-order valence-corrected chi connectivity index (χ2v) is 6.09. The molecule has 0 aliphatic carbocycles. The van der Waals surface area contributed by atoms with E-state index < -0.39 is 0 Å². The molecular weight excluding hydrogens is 290 g/mol. The molecule has 1 aliphatic rings. The van der Waals surface area contributed by atoms with E-state index >= 15 is 0 Å². The Hall–Kier alpha value is -0.380. The van der Waals surface area contributed by atoms with E-state index in [4.69, 9.17) is 10.5 Å². The summed E-state index contributed by atoms with van der Waals surface area (Å²) in [6, 6.07) is 6.49. The van der Waals surface area contributed by atoms with E-state index in [1.165, 1.54) is 24.0 Å². The molecule has 0 bridgehead atoms. The maximum absolute atomic E-state index is 6.27. The number of benzene rings is 1. The summed E-state index contributed by atoms with van der Waals surface area (Å²) in [6.07, 6.45) is 6.30. The molecule has 2 unspecified atom stereocenters. The Morgan fingerprint density at radius 1 is 1.50 bits per heavy atom. The fourth-order valence-corrected chi connectivity index (χ4v) is 3.12. The fourth-order valence-electron chi connectivity index (χ4n) is 2.65. The number of hydrogen-bond donors (Lipinski definition) is 1. The van der Waals surface area contributed by atoms with Crippen molar-refractivity contribution in [2.45, 2.75) is 51.2 Å². The Morgan fingerprint density at radius 2 is 2.33 bits per heavy atom. The molecule has 2 N–H and O–H groups in total. The standard InChI is InChI=1S/C15H22BrNO/c1-11-10-12(16)7-8-14(11)15(17)6-2-4-13-5-3-9-18-13/h7-8,10,13,15H,2-6,9,17H2,1H3. The largest absolute Gasteiger partial charge is 0.378 e. The molecule has 1 aliphatic heterocycles. The van der Waals surface area contributed by atoms with Crippen molar-refractivity contribution in [2.24, 2.45) is 5.73 Å². The van der Waals surface area contributed by atoms with E-state index in [-0.39, 0.29) is 6.04 Å². The first-order valence-electron chi connectivity index (χ1n) is 6.80. The van der Waals surface area contributed by atoms with E-state index in [9.17, 15) is 0 Å². The molecular formula is C15H22BrNO. The van der Waals surface area contributed by atoms with Gasteiger partial charge in [-0.05, 0) is 62.3 Å². The van der Waals surface area contributed by atoms with Gasteiger partial charge in [0.25, 0.3) is 0 Å². The SMILES string of the molecule is Cc1cc(Br)ccc1C(N)CCCC1CCCO1. The summed E-state index contributed by atoms with van der Waals surface area (Å²) in [4.78, 5) is 0. The van der Waals surface area contributed by atoms with Crippen LogP contribution < -0.4 is 5.73 Å². The van der Waals surface area contributed by atoms with Crippen LogP contribution in [0.25, 0.3) is 0 Å². The van der Waals surface area contributed by atoms with Crippen molar-refractivity contribution in [3.63, 3.8) is 0 Å². The molecule has 100 valence electrons. The summed E-state index contributed by atoms with van der Waals surface area (Å²) in [5, 5.41) is 0. The van der Waals surface area contributed by atoms with Crippen LogP contribution in [0.2, 0.25) is 0 Å². The molecule has 1 heterocycles. The lowest BCUT2D eigenvalue weighted by Crippen LogP contribution is -2.13. The fraction of sp³-hybridized carbons (Fsp3) is 0.600. The maximum atomic E-state index is 6.27. The molecule has 0 spiro atoms. The van der Waals surface area contributed by atoms with Crippen LogP contribution in [0.15, 0.2) is 22.7 Å². The summed E-state index contributed by atoms with van der Waals surface area (Å²) in [5.41, 5.74) is 8.82. The second-order valence-electron chi connectivity index (χ2n) is 5.17. The second kappa shape index (κ2) is 6.69. The van der Waals surface area contributed by atoms with Crippen molar-refractivity contribution in [2.75, 3.05) is 6.61 Å². The molecule has 2 atom stereocenters. The van der Waals surface area contributed by atoms with Crippen LogP contribution in [-0.4, -0.2) is 12.7 Å². The van der Waals surface area contributed by atoms with Gasteiger partial charge in [0.15, 0.2) is 0 Å². The molecule has 1 aromatic carbocycles. The first kappa shape index (κ1) is 14.0. The van der Waals surface area contributed by atoms with E-state index in [1.54, 1.807) is 0 Å². The lowest BCUT2D eigenvalue weighted by molar-refractivity contribution is 0.101. The van der Waals surface area contributed by atoms with Crippen molar-refractivity contribution in [1.82, 2.24) is 0 Å². The molecule has 0 aromatic heterocycles. The van der Waals surface area contributed by atoms with Gasteiger partial charge in [-0.25, -0.2) is 0 Å². The number of rotatable bonds is 5. The molecule has 1 aromatic rings. The molecule has 0 radical (unpaired) electrons. The first-order chi connectivity index (χ1) is 8.66. The van der Waals surface area contributed by atoms with Gasteiger partial charge >= 0.3 is 0 Å². The number of nitrogens with two attached hydrogens (primary N) is 1. The van der Waals surface area contributed by atoms with E-state index in [1.807, 2.05) is 0 Å². The molecule has 1 saturated heterocycles. The van der Waals surface area contributed by atoms with Crippen molar-refractivity contribution in [3.05, 3.63) is 33.8 Å². The predicted octanol–water partition coefficient (Wildman–Crippen LogP) is 4.11. The first-order valence-corrected chi connectivity index (χ1v) is 7.59. The molecule has 3 heteroatoms. The van der Waals surface area contributed by atoms with E-state index in [2.05, 4.69) is 41.1 Å². The lowest BCUT2D eigenvalue weighted by atomic mass is 9.96. The maximum Gasteiger partial charge on any atom is 0.0576 e. The zero-order valence-corrected chi connectivity index (χ0v) is 12.6. The third-order valence-corrected chi connectivity index (χ3v) is 4.19. The Labute approximate surface area is 118 Å². The normalized spacial score (nSPS) is 21.2. The van der Waals surface area contributed by atoms with Crippen LogP contribution in [-0.2, 0) is 4.74 Å². The highest BCUT2D eigenvalue weighted by Crippen LogP contribution is 2.25. The van der Waals surface area contributed by atoms with Crippen molar-refractivity contribution >= 4 is 15.9 Å². The molecule has 0 saturated carbocycles. The average Bonchev–Trinajstić information content (AvgIpc) is 2.81. The minimum atomic E-state index is 0.152. The average molecular weight is 312 g/mol. The summed E-state index contributed by atoms with van der Waals surface area (Å²) < 4.78 is 6.75. The Bertz CT molecular complexity index is 388. The Kier molecular flexibility index (Phi) is 5.22. The number of halogens is 1. The van der Waals surface area contributed by atoms with Gasteiger partial charge in [0, 0.05) is 17.1 Å². The number of ether oxygens (including phenoxy) is 1. The number of hydrogen-bond acceptors (Lipinski definition) is 2. The predicted molar refractivity (Wildman–Crippen MR) is 78.6 cm³/mol. The van der Waals surface area contributed by atoms with Gasteiger partial charge in [0.2, 0.25) is 0 Å². The number of aryl methyl sites for hydroxylation is 1. The quantitative estimate of drug-likeness (QED) is 0.888. The summed E-state index contributed by atoms with van der Waals surface area (Å²) in [7, 11) is 0. The van der Waals surface area contributed by atoms with Crippen LogP contribution in [0.4, 0.5) is 0 Å². The summed E-state index contributed by atoms with van der Waals surface area (Å²) >= 11 is 3.49. The van der Waals surface area contributed by atoms with Crippen LogP contribution in [0, 0.1) is 6.92 Å². The molecule has 0 amide bonds. The van der Waals surface area contributed by atoms with Gasteiger partial charge in [-0.15, -0.1) is 0 Å². The third-order valence-electron chi connectivity index (χ3n) is 3.70. The highest BCUT2D eigenvalue weighted by Gasteiger charge is 2.16. The molecule has 2 rings (SSSR count). The molecule has 1 fully saturated rings. The molecule has 18 heavy (non-hydrogen) atoms. The summed E-state index contributed by atoms with van der Waals surface area (Å²) in [5.74, 6) is 0. The van der Waals surface area contributed by atoms with Gasteiger partial charge in [0.05, 0.1) is 6.10 Å². The molecule has 2 nitrogen and oxygen atoms in total. The Morgan fingerprint density at radius 3 is 3.00 bits per heavy atom. The van der Waals surface area contributed by atoms with Crippen LogP contribution in [0.5, 0.6) is 0 Å². The van der Waals surface area contributed by atoms with E-state index in [0.29, 0.717) is 6.10 Å². The smallest absolute Gasteiger partial charge is 0.0576 e. The lowest BCUT2D eigenvalue weighted by Gasteiger charge is -2.16. The topological polar surface area (TPSA) is 35.2 Å². The van der Waals surface area contributed by atoms with Crippen LogP contribution >= 0.6 is 15.9 Å². The highest BCUT2D eigenvalue weighted by atomic mass is 79.9. The van der Waals surface area contributed by atoms with Gasteiger partial charge in [0.1, 0.15) is 0 Å². The highest BCUT2D eigenvalue weighted by molar-refractivity contribution is 9.10. The Balaban J connectivity index is 1.81. The zero-order chi connectivity index (χ0) is 13.0. The minimum Gasteiger partial charge on any atom is -0.378 e. The van der Waals surface area contributed by atoms with E-state index in [0.717, 1.165) is 30.3 Å². The van der Waals surface area contributed by atoms with Gasteiger partial charge < -0.3 is 10.5 Å². The summed E-state index contributed by atoms with van der Waals surface area (Å²) in [6.45, 7) is 3.07. The third kappa shape index (κ3) is 3.81. The van der Waals surface area contributed by atoms with Crippen molar-refractivity contribution in [1.29, 1.82) is 0 Å². The van der Waals surface area contributed by atoms with Crippen LogP contribution in [0.3, 0.4) is 0 Å². The van der Waals surface area contributed by atoms with Gasteiger partial charge in [-0.3, -0.25) is 0 Å². The minimum absolute atomic E-state index is 0.152.